The number of fused-ring (bicyclic) bond motifs is 2. The molecule has 1 aromatic heterocycles. The summed E-state index contributed by atoms with van der Waals surface area (Å²) in [5.74, 6) is -0.00432. The largest absolute Gasteiger partial charge is 0.493 e. The van der Waals surface area contributed by atoms with E-state index in [2.05, 4.69) is 39.0 Å². The summed E-state index contributed by atoms with van der Waals surface area (Å²) in [6.45, 7) is 2.16. The summed E-state index contributed by atoms with van der Waals surface area (Å²) >= 11 is 14.3. The molecule has 3 heterocycles. The number of carbonyl (C=O) groups is 1. The molecule has 0 amide bonds. The average Bonchev–Trinajstić information content (AvgIpc) is 3.32. The molecule has 0 spiro atoms. The van der Waals surface area contributed by atoms with Gasteiger partial charge in [-0.25, -0.2) is 9.18 Å². The highest BCUT2D eigenvalue weighted by Gasteiger charge is 2.43. The third-order valence-electron chi connectivity index (χ3n) is 4.97. The summed E-state index contributed by atoms with van der Waals surface area (Å²) in [6, 6.07) is 0.779. The van der Waals surface area contributed by atoms with Crippen molar-refractivity contribution in [2.75, 3.05) is 20.3 Å². The second kappa shape index (κ2) is 7.88. The molecule has 2 aliphatic heterocycles. The first kappa shape index (κ1) is 20.6. The Bertz CT molecular complexity index is 1020. The van der Waals surface area contributed by atoms with E-state index >= 15 is 0 Å². The third kappa shape index (κ3) is 3.44. The summed E-state index contributed by atoms with van der Waals surface area (Å²) in [5.41, 5.74) is 1.31. The third-order valence-corrected chi connectivity index (χ3v) is 6.28. The first-order chi connectivity index (χ1) is 13.8. The van der Waals surface area contributed by atoms with Crippen molar-refractivity contribution in [1.29, 1.82) is 0 Å². The first-order valence-corrected chi connectivity index (χ1v) is 10.7. The molecule has 2 aliphatic rings. The van der Waals surface area contributed by atoms with Crippen molar-refractivity contribution in [2.24, 2.45) is 0 Å². The van der Waals surface area contributed by atoms with Crippen LogP contribution in [-0.2, 0) is 9.53 Å². The fourth-order valence-corrected chi connectivity index (χ4v) is 5.10. The second-order valence-electron chi connectivity index (χ2n) is 6.73. The molecule has 2 aromatic rings. The van der Waals surface area contributed by atoms with Crippen molar-refractivity contribution in [3.8, 4) is 5.75 Å². The van der Waals surface area contributed by atoms with Crippen LogP contribution >= 0.6 is 40.2 Å². The smallest absolute Gasteiger partial charge is 0.337 e. The van der Waals surface area contributed by atoms with Gasteiger partial charge in [-0.15, -0.1) is 12.6 Å². The van der Waals surface area contributed by atoms with Gasteiger partial charge in [0.1, 0.15) is 17.2 Å². The molecule has 1 saturated heterocycles. The number of carbonyl (C=O) groups excluding carboxylic acids is 1. The number of aromatic nitrogens is 2. The first-order valence-electron chi connectivity index (χ1n) is 9.01. The van der Waals surface area contributed by atoms with Gasteiger partial charge < -0.3 is 19.7 Å². The number of allylic oxidation sites excluding steroid dienone is 1. The molecule has 0 saturated carbocycles. The van der Waals surface area contributed by atoms with Crippen LogP contribution < -0.4 is 10.1 Å². The number of alkyl halides is 1. The van der Waals surface area contributed by atoms with Gasteiger partial charge in [0.05, 0.1) is 35.5 Å². The standard InChI is InChI=1S/C18H19BrClFN4O3S/c1-3-28-17(26)15(14-12-4-8(21)6-24(12)18(29)22-14)25-7-9-11(20)5-10(19)16(27-2)13(9)23-25/h5,7-8,15,18,22,29H,3-4,6H2,1-2H3. The van der Waals surface area contributed by atoms with Crippen molar-refractivity contribution < 1.29 is 18.7 Å². The molecular formula is C18H19BrClFN4O3S. The summed E-state index contributed by atoms with van der Waals surface area (Å²) in [5, 5.41) is 8.84. The second-order valence-corrected chi connectivity index (χ2v) is 8.48. The van der Waals surface area contributed by atoms with Gasteiger partial charge >= 0.3 is 5.97 Å². The van der Waals surface area contributed by atoms with Crippen molar-refractivity contribution >= 4 is 57.0 Å². The lowest BCUT2D eigenvalue weighted by Gasteiger charge is -2.20. The van der Waals surface area contributed by atoms with Crippen molar-refractivity contribution in [3.63, 3.8) is 0 Å². The molecule has 0 bridgehead atoms. The van der Waals surface area contributed by atoms with Gasteiger partial charge in [0.2, 0.25) is 0 Å². The molecule has 4 rings (SSSR count). The topological polar surface area (TPSA) is 68.6 Å². The number of esters is 1. The van der Waals surface area contributed by atoms with Crippen molar-refractivity contribution in [3.05, 3.63) is 33.2 Å². The maximum absolute atomic E-state index is 14.1. The predicted molar refractivity (Wildman–Crippen MR) is 114 cm³/mol. The van der Waals surface area contributed by atoms with E-state index in [-0.39, 0.29) is 19.6 Å². The SMILES string of the molecule is CCOC(=O)C(C1=C2CC(F)CN2C(S)N1)n1cc2c(Cl)cc(Br)c(OC)c2n1. The van der Waals surface area contributed by atoms with Crippen LogP contribution in [0.25, 0.3) is 10.9 Å². The van der Waals surface area contributed by atoms with Crippen LogP contribution in [0, 0.1) is 0 Å². The van der Waals surface area contributed by atoms with Crippen LogP contribution in [0.15, 0.2) is 28.1 Å². The number of rotatable bonds is 5. The number of thiol groups is 1. The summed E-state index contributed by atoms with van der Waals surface area (Å²) in [7, 11) is 1.53. The van der Waals surface area contributed by atoms with E-state index in [1.807, 2.05) is 4.90 Å². The lowest BCUT2D eigenvalue weighted by molar-refractivity contribution is -0.146. The molecule has 0 aliphatic carbocycles. The quantitative estimate of drug-likeness (QED) is 0.478. The number of ether oxygens (including phenoxy) is 2. The molecule has 11 heteroatoms. The number of nitrogens with one attached hydrogen (secondary N) is 1. The minimum atomic E-state index is -1.01. The molecule has 1 N–H and O–H groups in total. The van der Waals surface area contributed by atoms with Crippen LogP contribution in [-0.4, -0.2) is 52.6 Å². The normalized spacial score (nSPS) is 22.1. The summed E-state index contributed by atoms with van der Waals surface area (Å²) < 4.78 is 26.9. The Morgan fingerprint density at radius 3 is 3.03 bits per heavy atom. The lowest BCUT2D eigenvalue weighted by atomic mass is 10.1. The molecule has 1 fully saturated rings. The van der Waals surface area contributed by atoms with Gasteiger partial charge in [0.15, 0.2) is 11.8 Å². The van der Waals surface area contributed by atoms with Crippen molar-refractivity contribution in [2.45, 2.75) is 31.1 Å². The van der Waals surface area contributed by atoms with E-state index in [0.717, 1.165) is 0 Å². The van der Waals surface area contributed by atoms with Crippen molar-refractivity contribution in [1.82, 2.24) is 20.0 Å². The molecular weight excluding hydrogens is 487 g/mol. The zero-order valence-electron chi connectivity index (χ0n) is 15.7. The van der Waals surface area contributed by atoms with Gasteiger partial charge in [-0.2, -0.15) is 5.10 Å². The number of halogens is 3. The molecule has 1 aromatic carbocycles. The van der Waals surface area contributed by atoms with Crippen LogP contribution in [0.4, 0.5) is 4.39 Å². The Morgan fingerprint density at radius 1 is 1.59 bits per heavy atom. The zero-order chi connectivity index (χ0) is 20.9. The lowest BCUT2D eigenvalue weighted by Crippen LogP contribution is -2.35. The van der Waals surface area contributed by atoms with Gasteiger partial charge in [-0.1, -0.05) is 11.6 Å². The van der Waals surface area contributed by atoms with Gasteiger partial charge in [-0.3, -0.25) is 4.68 Å². The van der Waals surface area contributed by atoms with E-state index in [0.29, 0.717) is 37.5 Å². The molecule has 156 valence electrons. The van der Waals surface area contributed by atoms with Crippen LogP contribution in [0.5, 0.6) is 5.75 Å². The summed E-state index contributed by atoms with van der Waals surface area (Å²) in [4.78, 5) is 14.7. The van der Waals surface area contributed by atoms with E-state index < -0.39 is 23.7 Å². The molecule has 3 atom stereocenters. The molecule has 29 heavy (non-hydrogen) atoms. The number of methoxy groups -OCH3 is 1. The molecule has 3 unspecified atom stereocenters. The molecule has 7 nitrogen and oxygen atoms in total. The molecule has 0 radical (unpaired) electrons. The maximum Gasteiger partial charge on any atom is 0.337 e. The maximum atomic E-state index is 14.1. The Kier molecular flexibility index (Phi) is 5.60. The van der Waals surface area contributed by atoms with E-state index in [1.54, 1.807) is 19.2 Å². The number of nitrogens with zero attached hydrogens (tertiary/aromatic N) is 3. The van der Waals surface area contributed by atoms with E-state index in [1.165, 1.54) is 11.8 Å². The Hall–Kier alpha value is -1.65. The fourth-order valence-electron chi connectivity index (χ4n) is 3.77. The van der Waals surface area contributed by atoms with E-state index in [9.17, 15) is 9.18 Å². The number of hydrogen-bond acceptors (Lipinski definition) is 7. The Balaban J connectivity index is 1.88. The fraction of sp³-hybridized carbons (Fsp3) is 0.444. The zero-order valence-corrected chi connectivity index (χ0v) is 18.9. The average molecular weight is 506 g/mol. The predicted octanol–water partition coefficient (Wildman–Crippen LogP) is 3.64. The van der Waals surface area contributed by atoms with Gasteiger partial charge in [-0.05, 0) is 28.9 Å². The monoisotopic (exact) mass is 504 g/mol. The Morgan fingerprint density at radius 2 is 2.34 bits per heavy atom. The highest BCUT2D eigenvalue weighted by molar-refractivity contribution is 9.10. The van der Waals surface area contributed by atoms with E-state index in [4.69, 9.17) is 21.1 Å². The summed E-state index contributed by atoms with van der Waals surface area (Å²) in [6.07, 6.45) is 0.856. The highest BCUT2D eigenvalue weighted by atomic mass is 79.9. The minimum Gasteiger partial charge on any atom is -0.493 e. The van der Waals surface area contributed by atoms with Gasteiger partial charge in [0.25, 0.3) is 0 Å². The van der Waals surface area contributed by atoms with Crippen LogP contribution in [0.3, 0.4) is 0 Å². The van der Waals surface area contributed by atoms with Crippen LogP contribution in [0.2, 0.25) is 5.02 Å². The van der Waals surface area contributed by atoms with Gasteiger partial charge in [0, 0.05) is 23.7 Å². The van der Waals surface area contributed by atoms with Crippen LogP contribution in [0.1, 0.15) is 19.4 Å². The highest BCUT2D eigenvalue weighted by Crippen LogP contribution is 2.41. The minimum absolute atomic E-state index is 0.200. The number of hydrogen-bond donors (Lipinski definition) is 2. The Labute approximate surface area is 185 Å². The number of benzene rings is 1.